The third-order valence-electron chi connectivity index (χ3n) is 4.33. The predicted molar refractivity (Wildman–Crippen MR) is 108 cm³/mol. The predicted octanol–water partition coefficient (Wildman–Crippen LogP) is 3.71. The summed E-state index contributed by atoms with van der Waals surface area (Å²) in [5.74, 6) is 0.920. The largest absolute Gasteiger partial charge is 0.497 e. The van der Waals surface area contributed by atoms with Crippen molar-refractivity contribution in [2.75, 3.05) is 40.8 Å². The summed E-state index contributed by atoms with van der Waals surface area (Å²) in [6.45, 7) is 10.5. The van der Waals surface area contributed by atoms with Crippen molar-refractivity contribution in [3.8, 4) is 5.75 Å². The Kier molecular flexibility index (Phi) is 8.57. The van der Waals surface area contributed by atoms with Gasteiger partial charge in [0.15, 0.2) is 0 Å². The molecule has 0 spiro atoms. The first-order valence-corrected chi connectivity index (χ1v) is 10.7. The van der Waals surface area contributed by atoms with E-state index in [4.69, 9.17) is 4.74 Å². The number of nitrogens with zero attached hydrogens (tertiary/aromatic N) is 2. The van der Waals surface area contributed by atoms with Gasteiger partial charge in [-0.15, -0.1) is 0 Å². The summed E-state index contributed by atoms with van der Waals surface area (Å²) < 4.78 is 33.2. The van der Waals surface area contributed by atoms with Crippen LogP contribution in [0.5, 0.6) is 5.75 Å². The summed E-state index contributed by atoms with van der Waals surface area (Å²) in [6.07, 6.45) is 2.04. The lowest BCUT2D eigenvalue weighted by atomic mass is 9.87. The number of benzene rings is 1. The van der Waals surface area contributed by atoms with Crippen molar-refractivity contribution in [2.24, 2.45) is 11.3 Å². The van der Waals surface area contributed by atoms with Crippen molar-refractivity contribution in [3.05, 3.63) is 24.3 Å². The van der Waals surface area contributed by atoms with Crippen molar-refractivity contribution >= 4 is 10.0 Å². The van der Waals surface area contributed by atoms with Crippen molar-refractivity contribution in [2.45, 2.75) is 45.4 Å². The van der Waals surface area contributed by atoms with Gasteiger partial charge in [-0.3, -0.25) is 0 Å². The highest BCUT2D eigenvalue weighted by Crippen LogP contribution is 2.28. The number of ether oxygens (including phenoxy) is 1. The second-order valence-corrected chi connectivity index (χ2v) is 10.4. The van der Waals surface area contributed by atoms with E-state index in [1.807, 2.05) is 0 Å². The molecule has 150 valence electrons. The Morgan fingerprint density at radius 1 is 1.12 bits per heavy atom. The molecule has 0 heterocycles. The van der Waals surface area contributed by atoms with Gasteiger partial charge in [0, 0.05) is 13.1 Å². The van der Waals surface area contributed by atoms with Gasteiger partial charge in [0.05, 0.1) is 12.0 Å². The second-order valence-electron chi connectivity index (χ2n) is 8.44. The van der Waals surface area contributed by atoms with Gasteiger partial charge < -0.3 is 9.64 Å². The lowest BCUT2D eigenvalue weighted by Gasteiger charge is -2.33. The van der Waals surface area contributed by atoms with Gasteiger partial charge in [0.1, 0.15) is 5.75 Å². The normalized spacial score (nSPS) is 13.0. The fourth-order valence-electron chi connectivity index (χ4n) is 2.98. The molecule has 0 aliphatic carbocycles. The van der Waals surface area contributed by atoms with E-state index in [1.165, 1.54) is 0 Å². The Morgan fingerprint density at radius 2 is 1.69 bits per heavy atom. The Balaban J connectivity index is 2.99. The van der Waals surface area contributed by atoms with Crippen molar-refractivity contribution < 1.29 is 13.2 Å². The monoisotopic (exact) mass is 384 g/mol. The Hall–Kier alpha value is -1.11. The number of hydrogen-bond acceptors (Lipinski definition) is 4. The zero-order valence-corrected chi connectivity index (χ0v) is 18.3. The average molecular weight is 385 g/mol. The second kappa shape index (κ2) is 9.72. The number of sulfonamides is 1. The van der Waals surface area contributed by atoms with Crippen LogP contribution in [0.15, 0.2) is 29.2 Å². The highest BCUT2D eigenvalue weighted by molar-refractivity contribution is 7.89. The lowest BCUT2D eigenvalue weighted by molar-refractivity contribution is 0.218. The maximum Gasteiger partial charge on any atom is 0.243 e. The lowest BCUT2D eigenvalue weighted by Crippen LogP contribution is -2.41. The van der Waals surface area contributed by atoms with Crippen LogP contribution in [0.25, 0.3) is 0 Å². The van der Waals surface area contributed by atoms with Crippen LogP contribution in [0.3, 0.4) is 0 Å². The standard InChI is InChI=1S/C20H36N2O3S/c1-17(2)15-22(16-20(3,4)13-8-14-21(5)6)26(23,24)19-11-9-18(25-7)10-12-19/h9-12,17H,8,13-16H2,1-7H3. The van der Waals surface area contributed by atoms with E-state index < -0.39 is 10.0 Å². The summed E-state index contributed by atoms with van der Waals surface area (Å²) in [5, 5.41) is 0. The van der Waals surface area contributed by atoms with Crippen molar-refractivity contribution in [1.82, 2.24) is 9.21 Å². The van der Waals surface area contributed by atoms with Crippen LogP contribution < -0.4 is 4.74 Å². The van der Waals surface area contributed by atoms with Crippen LogP contribution in [-0.4, -0.2) is 58.5 Å². The summed E-state index contributed by atoms with van der Waals surface area (Å²) >= 11 is 0. The highest BCUT2D eigenvalue weighted by Gasteiger charge is 2.31. The van der Waals surface area contributed by atoms with E-state index in [9.17, 15) is 8.42 Å². The smallest absolute Gasteiger partial charge is 0.243 e. The van der Waals surface area contributed by atoms with E-state index in [1.54, 1.807) is 35.7 Å². The van der Waals surface area contributed by atoms with Crippen LogP contribution in [0.1, 0.15) is 40.5 Å². The molecule has 1 rings (SSSR count). The molecule has 1 aromatic rings. The average Bonchev–Trinajstić information content (AvgIpc) is 2.53. The van der Waals surface area contributed by atoms with Gasteiger partial charge in [0.2, 0.25) is 10.0 Å². The van der Waals surface area contributed by atoms with Crippen LogP contribution in [0, 0.1) is 11.3 Å². The molecule has 0 unspecified atom stereocenters. The van der Waals surface area contributed by atoms with E-state index in [0.717, 1.165) is 19.4 Å². The molecule has 0 saturated heterocycles. The van der Waals surface area contributed by atoms with Gasteiger partial charge in [-0.1, -0.05) is 27.7 Å². The molecule has 5 nitrogen and oxygen atoms in total. The number of hydrogen-bond donors (Lipinski definition) is 0. The molecule has 0 bridgehead atoms. The molecule has 0 N–H and O–H groups in total. The molecule has 0 saturated carbocycles. The molecule has 0 amide bonds. The quantitative estimate of drug-likeness (QED) is 0.584. The fraction of sp³-hybridized carbons (Fsp3) is 0.700. The van der Waals surface area contributed by atoms with Gasteiger partial charge in [-0.25, -0.2) is 8.42 Å². The third kappa shape index (κ3) is 7.25. The summed E-state index contributed by atoms with van der Waals surface area (Å²) in [5.41, 5.74) is -0.0789. The molecule has 6 heteroatoms. The van der Waals surface area contributed by atoms with Gasteiger partial charge in [-0.05, 0) is 69.1 Å². The molecule has 1 aromatic carbocycles. The number of rotatable bonds is 11. The molecule has 0 radical (unpaired) electrons. The maximum atomic E-state index is 13.2. The molecule has 0 aromatic heterocycles. The van der Waals surface area contributed by atoms with Crippen molar-refractivity contribution in [1.29, 1.82) is 0 Å². The fourth-order valence-corrected chi connectivity index (χ4v) is 4.77. The summed E-state index contributed by atoms with van der Waals surface area (Å²) in [6, 6.07) is 6.65. The van der Waals surface area contributed by atoms with E-state index in [-0.39, 0.29) is 11.3 Å². The topological polar surface area (TPSA) is 49.9 Å². The minimum Gasteiger partial charge on any atom is -0.497 e. The molecule has 0 aliphatic heterocycles. The first kappa shape index (κ1) is 22.9. The first-order chi connectivity index (χ1) is 12.0. The van der Waals surface area contributed by atoms with E-state index in [0.29, 0.717) is 23.7 Å². The minimum atomic E-state index is -3.53. The first-order valence-electron chi connectivity index (χ1n) is 9.27. The molecule has 0 aliphatic rings. The Labute approximate surface area is 160 Å². The molecular formula is C20H36N2O3S. The molecule has 0 fully saturated rings. The number of methoxy groups -OCH3 is 1. The van der Waals surface area contributed by atoms with Crippen molar-refractivity contribution in [3.63, 3.8) is 0 Å². The summed E-state index contributed by atoms with van der Waals surface area (Å²) in [4.78, 5) is 2.49. The summed E-state index contributed by atoms with van der Waals surface area (Å²) in [7, 11) is 2.17. The zero-order chi connectivity index (χ0) is 20.0. The van der Waals surface area contributed by atoms with Gasteiger partial charge in [0.25, 0.3) is 0 Å². The van der Waals surface area contributed by atoms with Crippen LogP contribution in [0.2, 0.25) is 0 Å². The van der Waals surface area contributed by atoms with Crippen LogP contribution in [-0.2, 0) is 10.0 Å². The van der Waals surface area contributed by atoms with Crippen LogP contribution >= 0.6 is 0 Å². The highest BCUT2D eigenvalue weighted by atomic mass is 32.2. The Morgan fingerprint density at radius 3 is 2.15 bits per heavy atom. The molecule has 0 atom stereocenters. The Bertz CT molecular complexity index is 638. The van der Waals surface area contributed by atoms with Gasteiger partial charge >= 0.3 is 0 Å². The molecule has 26 heavy (non-hydrogen) atoms. The zero-order valence-electron chi connectivity index (χ0n) is 17.4. The van der Waals surface area contributed by atoms with Crippen LogP contribution in [0.4, 0.5) is 0 Å². The van der Waals surface area contributed by atoms with E-state index >= 15 is 0 Å². The minimum absolute atomic E-state index is 0.0789. The third-order valence-corrected chi connectivity index (χ3v) is 6.16. The maximum absolute atomic E-state index is 13.2. The van der Waals surface area contributed by atoms with E-state index in [2.05, 4.69) is 46.7 Å². The molecular weight excluding hydrogens is 348 g/mol. The van der Waals surface area contributed by atoms with Gasteiger partial charge in [-0.2, -0.15) is 4.31 Å². The SMILES string of the molecule is COc1ccc(S(=O)(=O)N(CC(C)C)CC(C)(C)CCCN(C)C)cc1.